The van der Waals surface area contributed by atoms with Crippen molar-refractivity contribution in [3.05, 3.63) is 96.3 Å². The Morgan fingerprint density at radius 2 is 1.48 bits per heavy atom. The number of aromatic nitrogens is 2. The highest BCUT2D eigenvalue weighted by Crippen LogP contribution is 2.25. The molecule has 1 N–H and O–H groups in total. The number of hydrogen-bond donors (Lipinski definition) is 1. The van der Waals surface area contributed by atoms with Gasteiger partial charge in [-0.1, -0.05) is 114 Å². The fourth-order valence-corrected chi connectivity index (χ4v) is 5.45. The maximum absolute atomic E-state index is 14.7. The van der Waals surface area contributed by atoms with Crippen LogP contribution >= 0.6 is 0 Å². The van der Waals surface area contributed by atoms with Crippen LogP contribution in [0.15, 0.2) is 79.4 Å². The third-order valence-corrected chi connectivity index (χ3v) is 7.78. The Morgan fingerprint density at radius 1 is 0.810 bits per heavy atom. The second kappa shape index (κ2) is 17.3. The summed E-state index contributed by atoms with van der Waals surface area (Å²) in [6, 6.07) is 18.7. The number of carbonyl (C=O) groups excluding carboxylic acids is 1. The molecule has 0 saturated carbocycles. The topological polar surface area (TPSA) is 46.6 Å². The Morgan fingerprint density at radius 3 is 2.21 bits per heavy atom. The first-order chi connectivity index (χ1) is 20.6. The van der Waals surface area contributed by atoms with Gasteiger partial charge in [-0.05, 0) is 30.7 Å². The van der Waals surface area contributed by atoms with Crippen LogP contribution < -0.4 is 14.6 Å². The van der Waals surface area contributed by atoms with Crippen molar-refractivity contribution in [3.63, 3.8) is 0 Å². The maximum Gasteiger partial charge on any atom is 0.249 e. The summed E-state index contributed by atoms with van der Waals surface area (Å²) in [4.78, 5) is 13.1. The Labute approximate surface area is 250 Å². The number of fused-ring (bicyclic) bond motifs is 1. The second-order valence-electron chi connectivity index (χ2n) is 11.3. The van der Waals surface area contributed by atoms with Crippen LogP contribution in [0.2, 0.25) is 0 Å². The van der Waals surface area contributed by atoms with Crippen molar-refractivity contribution in [2.24, 2.45) is 0 Å². The number of carbonyl (C=O) groups is 1. The van der Waals surface area contributed by atoms with E-state index in [2.05, 4.69) is 33.5 Å². The molecular weight excluding hydrogens is 525 g/mol. The van der Waals surface area contributed by atoms with Crippen molar-refractivity contribution in [1.82, 2.24) is 4.40 Å². The van der Waals surface area contributed by atoms with E-state index in [0.29, 0.717) is 18.7 Å². The number of benzene rings is 2. The molecule has 0 bridgehead atoms. The van der Waals surface area contributed by atoms with Gasteiger partial charge < -0.3 is 10.1 Å². The van der Waals surface area contributed by atoms with Crippen molar-refractivity contribution in [1.29, 1.82) is 0 Å². The molecule has 224 valence electrons. The summed E-state index contributed by atoms with van der Waals surface area (Å²) < 4.78 is 24.7. The van der Waals surface area contributed by atoms with Crippen LogP contribution in [-0.4, -0.2) is 16.9 Å². The van der Waals surface area contributed by atoms with Gasteiger partial charge >= 0.3 is 0 Å². The fourth-order valence-electron chi connectivity index (χ4n) is 5.45. The highest BCUT2D eigenvalue weighted by Gasteiger charge is 2.16. The van der Waals surface area contributed by atoms with Gasteiger partial charge in [0.2, 0.25) is 12.2 Å². The molecular formula is C36H47FN3O2+. The number of imidazole rings is 1. The molecule has 6 heteroatoms. The lowest BCUT2D eigenvalue weighted by atomic mass is 10.1. The molecule has 2 aromatic heterocycles. The van der Waals surface area contributed by atoms with E-state index >= 15 is 0 Å². The lowest BCUT2D eigenvalue weighted by Crippen LogP contribution is -2.32. The molecule has 4 rings (SSSR count). The minimum Gasteiger partial charge on any atom is -0.490 e. The molecule has 0 unspecified atom stereocenters. The van der Waals surface area contributed by atoms with Gasteiger partial charge in [0.05, 0.1) is 19.2 Å². The lowest BCUT2D eigenvalue weighted by molar-refractivity contribution is -0.686. The molecule has 5 nitrogen and oxygen atoms in total. The first-order valence-electron chi connectivity index (χ1n) is 15.9. The molecule has 0 spiro atoms. The Balaban J connectivity index is 1.21. The standard InChI is InChI=1S/C36H46FN3O2/c1-2-3-4-5-6-7-8-9-10-11-12-17-25-42-36-30(20-18-22-33(36)37)26-35(41)38-34-23-14-13-19-31(34)27-39-28-32-21-15-16-24-40(32)29-39/h13-16,18-24,28-29H,2-12,17,25-27H2,1H3/p+1. The molecule has 0 aliphatic rings. The number of para-hydroxylation sites is 2. The molecule has 0 fully saturated rings. The number of rotatable bonds is 19. The molecule has 0 atom stereocenters. The minimum atomic E-state index is -0.420. The van der Waals surface area contributed by atoms with E-state index in [1.807, 2.05) is 48.9 Å². The average Bonchev–Trinajstić information content (AvgIpc) is 3.40. The van der Waals surface area contributed by atoms with Gasteiger partial charge in [0.1, 0.15) is 12.7 Å². The van der Waals surface area contributed by atoms with Gasteiger partial charge in [0, 0.05) is 16.8 Å². The lowest BCUT2D eigenvalue weighted by Gasteiger charge is -2.14. The largest absolute Gasteiger partial charge is 0.490 e. The van der Waals surface area contributed by atoms with E-state index in [9.17, 15) is 9.18 Å². The summed E-state index contributed by atoms with van der Waals surface area (Å²) in [6.07, 6.45) is 21.3. The number of halogens is 1. The predicted molar refractivity (Wildman–Crippen MR) is 168 cm³/mol. The molecule has 1 amide bonds. The smallest absolute Gasteiger partial charge is 0.249 e. The molecule has 4 aromatic rings. The predicted octanol–water partition coefficient (Wildman–Crippen LogP) is 8.68. The zero-order valence-corrected chi connectivity index (χ0v) is 25.2. The molecule has 2 heterocycles. The number of unbranched alkanes of at least 4 members (excludes halogenated alkanes) is 11. The summed E-state index contributed by atoms with van der Waals surface area (Å²) in [5, 5.41) is 3.04. The van der Waals surface area contributed by atoms with E-state index < -0.39 is 5.82 Å². The molecule has 0 aliphatic heterocycles. The van der Waals surface area contributed by atoms with Crippen molar-refractivity contribution in [2.75, 3.05) is 11.9 Å². The number of anilines is 1. The highest BCUT2D eigenvalue weighted by molar-refractivity contribution is 5.93. The van der Waals surface area contributed by atoms with Gasteiger partial charge in [0.25, 0.3) is 0 Å². The molecule has 2 aromatic carbocycles. The van der Waals surface area contributed by atoms with E-state index in [0.717, 1.165) is 29.6 Å². The van der Waals surface area contributed by atoms with E-state index in [4.69, 9.17) is 4.74 Å². The number of hydrogen-bond acceptors (Lipinski definition) is 2. The number of nitrogens with zero attached hydrogens (tertiary/aromatic N) is 2. The van der Waals surface area contributed by atoms with Gasteiger partial charge in [0.15, 0.2) is 17.1 Å². The summed E-state index contributed by atoms with van der Waals surface area (Å²) in [6.45, 7) is 3.33. The summed E-state index contributed by atoms with van der Waals surface area (Å²) in [5.74, 6) is -0.424. The summed E-state index contributed by atoms with van der Waals surface area (Å²) in [7, 11) is 0. The SMILES string of the molecule is CCCCCCCCCCCCCCOc1c(F)cccc1CC(=O)Nc1ccccc1C[n+]1cc2ccccn2c1. The van der Waals surface area contributed by atoms with Crippen LogP contribution in [0, 0.1) is 5.82 Å². The van der Waals surface area contributed by atoms with E-state index in [-0.39, 0.29) is 18.1 Å². The number of ether oxygens (including phenoxy) is 1. The summed E-state index contributed by atoms with van der Waals surface area (Å²) in [5.41, 5.74) is 3.41. The normalized spacial score (nSPS) is 11.2. The van der Waals surface area contributed by atoms with E-state index in [1.54, 1.807) is 12.1 Å². The minimum absolute atomic E-state index is 0.0448. The number of pyridine rings is 1. The van der Waals surface area contributed by atoms with Crippen LogP contribution in [0.3, 0.4) is 0 Å². The van der Waals surface area contributed by atoms with Crippen LogP contribution in [0.5, 0.6) is 5.75 Å². The van der Waals surface area contributed by atoms with Gasteiger partial charge in [-0.2, -0.15) is 0 Å². The second-order valence-corrected chi connectivity index (χ2v) is 11.3. The monoisotopic (exact) mass is 572 g/mol. The highest BCUT2D eigenvalue weighted by atomic mass is 19.1. The van der Waals surface area contributed by atoms with Crippen LogP contribution in [0.1, 0.15) is 95.1 Å². The number of nitrogens with one attached hydrogen (secondary N) is 1. The zero-order valence-electron chi connectivity index (χ0n) is 25.2. The first kappa shape index (κ1) is 31.3. The van der Waals surface area contributed by atoms with Crippen molar-refractivity contribution < 1.29 is 18.5 Å². The van der Waals surface area contributed by atoms with Crippen molar-refractivity contribution in [3.8, 4) is 5.75 Å². The zero-order chi connectivity index (χ0) is 29.4. The van der Waals surface area contributed by atoms with Gasteiger partial charge in [-0.15, -0.1) is 0 Å². The number of amides is 1. The first-order valence-corrected chi connectivity index (χ1v) is 15.9. The van der Waals surface area contributed by atoms with Crippen LogP contribution in [0.25, 0.3) is 5.52 Å². The Kier molecular flexibility index (Phi) is 12.9. The Bertz CT molecular complexity index is 1350. The quantitative estimate of drug-likeness (QED) is 0.0903. The summed E-state index contributed by atoms with van der Waals surface area (Å²) >= 11 is 0. The van der Waals surface area contributed by atoms with Crippen molar-refractivity contribution >= 4 is 17.1 Å². The van der Waals surface area contributed by atoms with E-state index in [1.165, 1.54) is 70.3 Å². The third kappa shape index (κ3) is 10.0. The Hall–Kier alpha value is -3.67. The average molecular weight is 573 g/mol. The molecule has 0 radical (unpaired) electrons. The molecule has 0 saturated heterocycles. The fraction of sp³-hybridized carbons (Fsp3) is 0.444. The van der Waals surface area contributed by atoms with Crippen LogP contribution in [0.4, 0.5) is 10.1 Å². The van der Waals surface area contributed by atoms with Gasteiger partial charge in [-0.25, -0.2) is 13.4 Å². The molecule has 42 heavy (non-hydrogen) atoms. The van der Waals surface area contributed by atoms with Gasteiger partial charge in [-0.3, -0.25) is 4.79 Å². The molecule has 0 aliphatic carbocycles. The maximum atomic E-state index is 14.7. The third-order valence-electron chi connectivity index (χ3n) is 7.78. The van der Waals surface area contributed by atoms with Crippen molar-refractivity contribution in [2.45, 2.75) is 96.9 Å². The van der Waals surface area contributed by atoms with Crippen LogP contribution in [-0.2, 0) is 17.8 Å².